The van der Waals surface area contributed by atoms with E-state index in [-0.39, 0.29) is 0 Å². The van der Waals surface area contributed by atoms with Crippen molar-refractivity contribution in [2.45, 2.75) is 40.3 Å². The van der Waals surface area contributed by atoms with Gasteiger partial charge in [0.05, 0.1) is 22.9 Å². The molecule has 0 saturated carbocycles. The zero-order valence-corrected chi connectivity index (χ0v) is 14.7. The van der Waals surface area contributed by atoms with Crippen LogP contribution in [-0.2, 0) is 12.7 Å². The van der Waals surface area contributed by atoms with E-state index in [1.54, 1.807) is 12.3 Å². The molecule has 2 heterocycles. The van der Waals surface area contributed by atoms with E-state index in [0.29, 0.717) is 5.69 Å². The van der Waals surface area contributed by atoms with Crippen molar-refractivity contribution in [3.63, 3.8) is 0 Å². The van der Waals surface area contributed by atoms with Crippen molar-refractivity contribution >= 4 is 16.6 Å². The molecule has 4 heteroatoms. The number of hydrogen-bond donors (Lipinski definition) is 0. The van der Waals surface area contributed by atoms with Crippen LogP contribution in [0.1, 0.15) is 46.1 Å². The lowest BCUT2D eigenvalue weighted by atomic mass is 10.1. The summed E-state index contributed by atoms with van der Waals surface area (Å²) in [6.07, 6.45) is 5.75. The third-order valence-corrected chi connectivity index (χ3v) is 3.79. The van der Waals surface area contributed by atoms with E-state index in [9.17, 15) is 4.39 Å². The fraction of sp³-hybridized carbons (Fsp3) is 0.368. The maximum atomic E-state index is 14.1. The third-order valence-electron chi connectivity index (χ3n) is 3.79. The quantitative estimate of drug-likeness (QED) is 0.735. The molecule has 0 fully saturated rings. The lowest BCUT2D eigenvalue weighted by Crippen LogP contribution is -2.11. The van der Waals surface area contributed by atoms with Crippen molar-refractivity contribution in [2.75, 3.05) is 0 Å². The number of alkyl halides is 1. The zero-order valence-electron chi connectivity index (χ0n) is 14.7. The van der Waals surface area contributed by atoms with Crippen molar-refractivity contribution in [3.8, 4) is 0 Å². The first kappa shape index (κ1) is 17.1. The first-order valence-corrected chi connectivity index (χ1v) is 7.64. The first-order chi connectivity index (χ1) is 10.6. The molecule has 23 heavy (non-hydrogen) atoms. The number of halogens is 1. The minimum absolute atomic E-state index is 0.386. The van der Waals surface area contributed by atoms with Crippen LogP contribution in [0, 0.1) is 0 Å². The van der Waals surface area contributed by atoms with Crippen molar-refractivity contribution in [1.29, 1.82) is 0 Å². The summed E-state index contributed by atoms with van der Waals surface area (Å²) in [5.41, 5.74) is 3.62. The fourth-order valence-electron chi connectivity index (χ4n) is 2.25. The summed E-state index contributed by atoms with van der Waals surface area (Å²) < 4.78 is 16.0. The predicted molar refractivity (Wildman–Crippen MR) is 94.9 cm³/mol. The van der Waals surface area contributed by atoms with Gasteiger partial charge in [-0.05, 0) is 46.3 Å². The molecule has 0 aliphatic carbocycles. The summed E-state index contributed by atoms with van der Waals surface area (Å²) >= 11 is 0. The minimum atomic E-state index is -1.48. The number of nitrogens with zero attached hydrogens (tertiary/aromatic N) is 3. The van der Waals surface area contributed by atoms with Gasteiger partial charge in [0.2, 0.25) is 0 Å². The normalized spacial score (nSPS) is 12.6. The lowest BCUT2D eigenvalue weighted by molar-refractivity contribution is 0.214. The van der Waals surface area contributed by atoms with Gasteiger partial charge >= 0.3 is 0 Å². The second-order valence-corrected chi connectivity index (χ2v) is 6.60. The van der Waals surface area contributed by atoms with Crippen LogP contribution in [0.2, 0.25) is 0 Å². The molecular weight excluding hydrogens is 289 g/mol. The van der Waals surface area contributed by atoms with Gasteiger partial charge in [-0.3, -0.25) is 4.98 Å². The summed E-state index contributed by atoms with van der Waals surface area (Å²) in [5.74, 6) is 0.770. The Hall–Kier alpha value is -2.23. The number of rotatable bonds is 4. The molecule has 0 aliphatic rings. The lowest BCUT2D eigenvalue weighted by Gasteiger charge is -2.12. The number of aromatic nitrogens is 3. The van der Waals surface area contributed by atoms with Crippen molar-refractivity contribution in [2.24, 2.45) is 7.05 Å². The smallest absolute Gasteiger partial charge is 0.147 e. The minimum Gasteiger partial charge on any atom is -0.326 e. The molecule has 0 aliphatic heterocycles. The Morgan fingerprint density at radius 2 is 1.91 bits per heavy atom. The number of aryl methyl sites for hydroxylation is 1. The van der Waals surface area contributed by atoms with Crippen LogP contribution in [0.5, 0.6) is 0 Å². The van der Waals surface area contributed by atoms with Gasteiger partial charge in [0.25, 0.3) is 0 Å². The summed E-state index contributed by atoms with van der Waals surface area (Å²) in [6.45, 7) is 13.3. The van der Waals surface area contributed by atoms with Gasteiger partial charge in [-0.25, -0.2) is 9.37 Å². The van der Waals surface area contributed by atoms with Gasteiger partial charge in [0.15, 0.2) is 0 Å². The number of imidazole rings is 1. The SMILES string of the molecule is C=C(/C(C)=C\C=C(C)C)c1nc2cc(C(C)(C)F)ncc2n1C. The monoisotopic (exact) mass is 313 g/mol. The molecular formula is C19H24FN3. The molecule has 0 unspecified atom stereocenters. The number of pyridine rings is 1. The van der Waals surface area contributed by atoms with E-state index < -0.39 is 5.67 Å². The average Bonchev–Trinajstić information content (AvgIpc) is 2.79. The number of allylic oxidation sites excluding steroid dienone is 5. The van der Waals surface area contributed by atoms with Gasteiger partial charge in [-0.2, -0.15) is 0 Å². The summed E-state index contributed by atoms with van der Waals surface area (Å²) in [7, 11) is 1.92. The Labute approximate surface area is 137 Å². The topological polar surface area (TPSA) is 30.7 Å². The van der Waals surface area contributed by atoms with E-state index in [4.69, 9.17) is 0 Å². The van der Waals surface area contributed by atoms with E-state index >= 15 is 0 Å². The predicted octanol–water partition coefficient (Wildman–Crippen LogP) is 5.10. The number of fused-ring (bicyclic) bond motifs is 1. The molecule has 2 rings (SSSR count). The zero-order chi connectivity index (χ0) is 17.4. The van der Waals surface area contributed by atoms with Crippen LogP contribution in [0.25, 0.3) is 16.6 Å². The molecule has 3 nitrogen and oxygen atoms in total. The molecule has 0 bridgehead atoms. The maximum Gasteiger partial charge on any atom is 0.147 e. The van der Waals surface area contributed by atoms with Gasteiger partial charge < -0.3 is 4.57 Å². The Morgan fingerprint density at radius 1 is 1.26 bits per heavy atom. The van der Waals surface area contributed by atoms with Crippen LogP contribution in [0.15, 0.2) is 42.1 Å². The second kappa shape index (κ2) is 6.11. The van der Waals surface area contributed by atoms with Crippen LogP contribution >= 0.6 is 0 Å². The van der Waals surface area contributed by atoms with Crippen LogP contribution in [0.4, 0.5) is 4.39 Å². The molecule has 0 spiro atoms. The highest BCUT2D eigenvalue weighted by molar-refractivity contribution is 5.83. The van der Waals surface area contributed by atoms with Crippen molar-refractivity contribution < 1.29 is 4.39 Å². The largest absolute Gasteiger partial charge is 0.326 e. The molecule has 0 amide bonds. The summed E-state index contributed by atoms with van der Waals surface area (Å²) in [6, 6.07) is 1.71. The summed E-state index contributed by atoms with van der Waals surface area (Å²) in [4.78, 5) is 8.86. The fourth-order valence-corrected chi connectivity index (χ4v) is 2.25. The van der Waals surface area contributed by atoms with Crippen molar-refractivity contribution in [1.82, 2.24) is 14.5 Å². The van der Waals surface area contributed by atoms with E-state index in [1.807, 2.05) is 38.5 Å². The Balaban J connectivity index is 2.50. The standard InChI is InChI=1S/C19H24FN3/c1-12(2)8-9-13(3)14(4)18-22-15-10-17(19(5,6)20)21-11-16(15)23(18)7/h8-11H,4H2,1-3,5-7H3/b13-9-. The van der Waals surface area contributed by atoms with Crippen LogP contribution in [0.3, 0.4) is 0 Å². The Bertz CT molecular complexity index is 813. The molecule has 122 valence electrons. The van der Waals surface area contributed by atoms with Crippen LogP contribution < -0.4 is 0 Å². The van der Waals surface area contributed by atoms with Gasteiger partial charge in [-0.1, -0.05) is 24.3 Å². The summed E-state index contributed by atoms with van der Waals surface area (Å²) in [5, 5.41) is 0. The van der Waals surface area contributed by atoms with Crippen molar-refractivity contribution in [3.05, 3.63) is 53.7 Å². The van der Waals surface area contributed by atoms with Gasteiger partial charge in [0, 0.05) is 12.6 Å². The van der Waals surface area contributed by atoms with Gasteiger partial charge in [0.1, 0.15) is 11.5 Å². The maximum absolute atomic E-state index is 14.1. The highest BCUT2D eigenvalue weighted by atomic mass is 19.1. The van der Waals surface area contributed by atoms with Crippen LogP contribution in [-0.4, -0.2) is 14.5 Å². The molecule has 2 aromatic rings. The first-order valence-electron chi connectivity index (χ1n) is 7.64. The Morgan fingerprint density at radius 3 is 2.48 bits per heavy atom. The molecule has 0 N–H and O–H groups in total. The molecule has 0 saturated heterocycles. The molecule has 0 radical (unpaired) electrons. The Kier molecular flexibility index (Phi) is 4.55. The molecule has 0 aromatic carbocycles. The van der Waals surface area contributed by atoms with E-state index in [1.165, 1.54) is 19.4 Å². The van der Waals surface area contributed by atoms with E-state index in [0.717, 1.165) is 28.0 Å². The highest BCUT2D eigenvalue weighted by Gasteiger charge is 2.22. The van der Waals surface area contributed by atoms with Gasteiger partial charge in [-0.15, -0.1) is 0 Å². The average molecular weight is 313 g/mol. The third kappa shape index (κ3) is 3.58. The highest BCUT2D eigenvalue weighted by Crippen LogP contribution is 2.28. The molecule has 2 aromatic heterocycles. The number of hydrogen-bond acceptors (Lipinski definition) is 2. The molecule has 0 atom stereocenters. The van der Waals surface area contributed by atoms with E-state index in [2.05, 4.69) is 22.6 Å². The second-order valence-electron chi connectivity index (χ2n) is 6.60.